The van der Waals surface area contributed by atoms with Gasteiger partial charge in [0.25, 0.3) is 29.2 Å². The van der Waals surface area contributed by atoms with E-state index in [1.165, 1.54) is 44.8 Å². The van der Waals surface area contributed by atoms with E-state index in [0.717, 1.165) is 29.9 Å². The van der Waals surface area contributed by atoms with Crippen molar-refractivity contribution in [2.24, 2.45) is 11.8 Å². The Hall–Kier alpha value is -12.0. The van der Waals surface area contributed by atoms with Crippen molar-refractivity contribution in [2.45, 2.75) is 200 Å². The molecule has 2 aromatic heterocycles. The van der Waals surface area contributed by atoms with Gasteiger partial charge in [0.2, 0.25) is 65.0 Å². The summed E-state index contributed by atoms with van der Waals surface area (Å²) in [6.07, 6.45) is 3.07. The van der Waals surface area contributed by atoms with Crippen molar-refractivity contribution >= 4 is 111 Å². The Kier molecular flexibility index (Phi) is 38.0. The number of unbranched alkanes of at least 4 members (excludes halogenated alkanes) is 2. The predicted molar refractivity (Wildman–Crippen MR) is 436 cm³/mol. The highest BCUT2D eigenvalue weighted by atomic mass is 19.1. The van der Waals surface area contributed by atoms with Gasteiger partial charge in [0.1, 0.15) is 74.8 Å². The van der Waals surface area contributed by atoms with E-state index < -0.39 is 204 Å². The van der Waals surface area contributed by atoms with Crippen molar-refractivity contribution in [1.29, 1.82) is 0 Å². The Labute approximate surface area is 713 Å². The number of rotatable bonds is 53. The Bertz CT molecular complexity index is 4570. The summed E-state index contributed by atoms with van der Waals surface area (Å²) in [7, 11) is 2.94. The van der Waals surface area contributed by atoms with Gasteiger partial charge in [0, 0.05) is 100 Å². The highest BCUT2D eigenvalue weighted by Crippen LogP contribution is 2.41. The molecule has 1 aromatic carbocycles. The first kappa shape index (κ1) is 99.1. The van der Waals surface area contributed by atoms with Crippen LogP contribution in [0.1, 0.15) is 148 Å². The van der Waals surface area contributed by atoms with Crippen LogP contribution in [0.15, 0.2) is 47.3 Å². The van der Waals surface area contributed by atoms with Gasteiger partial charge in [-0.3, -0.25) is 91.3 Å². The molecule has 0 saturated carbocycles. The predicted octanol–water partition coefficient (Wildman–Crippen LogP) is -2.10. The summed E-state index contributed by atoms with van der Waals surface area (Å²) in [5.74, 6) is -17.8. The number of halogens is 1. The van der Waals surface area contributed by atoms with Crippen molar-refractivity contribution in [1.82, 2.24) is 77.8 Å². The molecule has 2 unspecified atom stereocenters. The number of aliphatic hydroxyl groups is 1. The largest absolute Gasteiger partial charge is 0.489 e. The van der Waals surface area contributed by atoms with Gasteiger partial charge < -0.3 is 102 Å². The SMILES string of the molecule is CCc1c2c(nc3cc(F)c(OCCNC(=O)[C@H](C)NC(=O)[C@@H](NC(=O)[C@H](CCCCNC(=O)COCCOC)NC(=O)CCCNC(=O)C(C(C(=O)NCCCC(=O)N[C@@H](CCCCNC(=O)COCCOC)C(=O)N[C@H](C(=O)N[C@@H](C)C(=O)O)C(C)C)N4C(=O)C=CC4=O)N4C(=O)C=CC4=O)C(C)C)cc13)-c1cc3c(c(=O)n1C2)COC(=O)[C@]3(O)CC. The zero-order chi connectivity index (χ0) is 91.2. The molecule has 0 radical (unpaired) electrons. The number of nitrogens with zero attached hydrogens (tertiary/aromatic N) is 4. The lowest BCUT2D eigenvalue weighted by molar-refractivity contribution is -0.172. The van der Waals surface area contributed by atoms with E-state index in [4.69, 9.17) is 33.4 Å². The van der Waals surface area contributed by atoms with Crippen LogP contribution in [0.5, 0.6) is 5.75 Å². The third kappa shape index (κ3) is 26.7. The number of aromatic nitrogens is 2. The van der Waals surface area contributed by atoms with Gasteiger partial charge in [-0.2, -0.15) is 0 Å². The maximum Gasteiger partial charge on any atom is 0.343 e. The molecular formula is C82H112FN15O26. The number of hydrogen-bond donors (Lipinski definition) is 13. The smallest absolute Gasteiger partial charge is 0.343 e. The molecule has 0 spiro atoms. The van der Waals surface area contributed by atoms with E-state index in [2.05, 4.69) is 58.5 Å². The zero-order valence-electron chi connectivity index (χ0n) is 71.1. The highest BCUT2D eigenvalue weighted by molar-refractivity contribution is 6.19. The van der Waals surface area contributed by atoms with Gasteiger partial charge in [0.05, 0.1) is 62.0 Å². The molecule has 3 aromatic rings. The lowest BCUT2D eigenvalue weighted by Crippen LogP contribution is -2.66. The minimum absolute atomic E-state index is 0.0352. The van der Waals surface area contributed by atoms with E-state index in [1.807, 2.05) is 6.92 Å². The van der Waals surface area contributed by atoms with Gasteiger partial charge >= 0.3 is 11.9 Å². The summed E-state index contributed by atoms with van der Waals surface area (Å²) in [5, 5.41) is 49.5. The first-order valence-electron chi connectivity index (χ1n) is 41.1. The van der Waals surface area contributed by atoms with Crippen LogP contribution in [0, 0.1) is 17.7 Å². The molecule has 42 heteroatoms. The van der Waals surface area contributed by atoms with E-state index >= 15 is 4.39 Å². The fraction of sp³-hybridized carbons (Fsp3) is 0.573. The number of amides is 15. The molecule has 0 bridgehead atoms. The molecule has 41 nitrogen and oxygen atoms in total. The molecule has 6 heterocycles. The second-order valence-electron chi connectivity index (χ2n) is 30.5. The second-order valence-corrected chi connectivity index (χ2v) is 30.5. The molecular weight excluding hydrogens is 1630 g/mol. The number of carboxylic acid groups (broad SMARTS) is 1. The molecule has 7 rings (SSSR count). The lowest BCUT2D eigenvalue weighted by Gasteiger charge is -2.35. The second kappa shape index (κ2) is 47.6. The molecule has 124 heavy (non-hydrogen) atoms. The standard InChI is InChI=1S/C82H112FN15O26/c1-11-48-49-37-58(53(83)39-56(49)93-69-50(48)40-96-57(69)38-52-51(79(96)114)41-124-81(117)82(52,118)12-2)123-32-31-88-72(107)46(7)89-75(110)67(44(3)4)94-73(108)54(19-13-15-27-84-61(101)42-121-35-33-119-9)91-59(99)21-17-29-86-77(112)70(97-63(103)23-24-64(97)104)71(98-65(105)25-26-66(98)106)78(113)87-30-18-22-60(100)92-55(20-14-16-28-85-62(102)43-122-36-34-120-10)74(109)95-68(45(5)6)76(111)90-47(8)80(115)116/h23-26,37-39,44-47,54-55,67-68,70-71,118H,11-22,27-36,40-43H2,1-10H3,(H,84,101)(H,85,102)(H,86,112)(H,87,113)(H,88,107)(H,89,110)(H,90,111)(H,91,99)(H,92,100)(H,94,108)(H,95,109)(H,115,116)/t46-,47-,54-,55-,67-,68-,70?,71?,82-/m0/s1. The Balaban J connectivity index is 0.966. The maximum atomic E-state index is 15.9. The molecule has 15 amide bonds. The highest BCUT2D eigenvalue weighted by Gasteiger charge is 2.51. The van der Waals surface area contributed by atoms with Crippen molar-refractivity contribution in [2.75, 3.05) is 93.2 Å². The maximum absolute atomic E-state index is 15.9. The van der Waals surface area contributed by atoms with Crippen molar-refractivity contribution in [3.63, 3.8) is 0 Å². The van der Waals surface area contributed by atoms with Crippen LogP contribution in [0.2, 0.25) is 0 Å². The van der Waals surface area contributed by atoms with Crippen molar-refractivity contribution < 1.29 is 125 Å². The van der Waals surface area contributed by atoms with E-state index in [1.54, 1.807) is 40.7 Å². The van der Waals surface area contributed by atoms with Crippen LogP contribution in [0.25, 0.3) is 22.3 Å². The molecule has 4 aliphatic heterocycles. The van der Waals surface area contributed by atoms with Gasteiger partial charge in [-0.25, -0.2) is 14.2 Å². The minimum atomic E-state index is -2.27. The van der Waals surface area contributed by atoms with Gasteiger partial charge in [0.15, 0.2) is 17.2 Å². The monoisotopic (exact) mass is 1740 g/mol. The number of nitrogens with one attached hydrogen (secondary N) is 11. The van der Waals surface area contributed by atoms with Crippen molar-refractivity contribution in [3.8, 4) is 17.1 Å². The number of ether oxygens (including phenoxy) is 6. The van der Waals surface area contributed by atoms with Crippen LogP contribution < -0.4 is 68.8 Å². The third-order valence-electron chi connectivity index (χ3n) is 20.8. The van der Waals surface area contributed by atoms with E-state index in [0.29, 0.717) is 45.0 Å². The minimum Gasteiger partial charge on any atom is -0.489 e. The number of carbonyl (C=O) groups is 17. The van der Waals surface area contributed by atoms with Crippen LogP contribution in [0.4, 0.5) is 4.39 Å². The number of fused-ring (bicyclic) bond motifs is 5. The van der Waals surface area contributed by atoms with E-state index in [-0.39, 0.29) is 153 Å². The fourth-order valence-corrected chi connectivity index (χ4v) is 14.0. The van der Waals surface area contributed by atoms with Crippen molar-refractivity contribution in [3.05, 3.63) is 80.9 Å². The summed E-state index contributed by atoms with van der Waals surface area (Å²) >= 11 is 0. The number of imide groups is 2. The Morgan fingerprint density at radius 3 is 1.45 bits per heavy atom. The number of hydrogen-bond acceptors (Lipinski definition) is 26. The van der Waals surface area contributed by atoms with Gasteiger partial charge in [-0.15, -0.1) is 0 Å². The number of carboxylic acids is 1. The molecule has 0 fully saturated rings. The summed E-state index contributed by atoms with van der Waals surface area (Å²) in [5.41, 5.74) is 0.149. The molecule has 0 aliphatic carbocycles. The topological polar surface area (TPSA) is 560 Å². The number of cyclic esters (lactones) is 1. The van der Waals surface area contributed by atoms with Gasteiger partial charge in [-0.1, -0.05) is 41.5 Å². The van der Waals surface area contributed by atoms with Crippen LogP contribution >= 0.6 is 0 Å². The first-order chi connectivity index (χ1) is 59.0. The average molecular weight is 1740 g/mol. The van der Waals surface area contributed by atoms with Gasteiger partial charge in [-0.05, 0) is 108 Å². The number of benzene rings is 1. The molecule has 9 atom stereocenters. The zero-order valence-corrected chi connectivity index (χ0v) is 71.1. The fourth-order valence-electron chi connectivity index (χ4n) is 14.0. The number of esters is 1. The number of aryl methyl sites for hydroxylation is 1. The number of methoxy groups -OCH3 is 2. The van der Waals surface area contributed by atoms with E-state index in [9.17, 15) is 96.5 Å². The number of aliphatic carboxylic acids is 1. The van der Waals surface area contributed by atoms with Crippen LogP contribution in [-0.4, -0.2) is 272 Å². The Morgan fingerprint density at radius 2 is 1.00 bits per heavy atom. The summed E-state index contributed by atoms with van der Waals surface area (Å²) in [6, 6.07) is -8.14. The van der Waals surface area contributed by atoms with Crippen LogP contribution in [-0.2, 0) is 130 Å². The normalized spacial score (nSPS) is 16.4. The Morgan fingerprint density at radius 1 is 0.532 bits per heavy atom. The summed E-state index contributed by atoms with van der Waals surface area (Å²) < 4.78 is 48.7. The molecule has 678 valence electrons. The quantitative estimate of drug-likeness (QED) is 0.0128. The molecule has 0 saturated heterocycles. The lowest BCUT2D eigenvalue weighted by atomic mass is 9.86. The summed E-state index contributed by atoms with van der Waals surface area (Å²) in [4.78, 5) is 248. The average Bonchev–Trinajstić information content (AvgIpc) is 1.51. The third-order valence-corrected chi connectivity index (χ3v) is 20.8. The molecule has 13 N–H and O–H groups in total. The summed E-state index contributed by atoms with van der Waals surface area (Å²) in [6.45, 7) is 11.6. The first-order valence-corrected chi connectivity index (χ1v) is 41.1. The van der Waals surface area contributed by atoms with Crippen LogP contribution in [0.3, 0.4) is 0 Å². The number of carbonyl (C=O) groups excluding carboxylic acids is 16. The number of pyridine rings is 2. The molecule has 4 aliphatic rings.